The summed E-state index contributed by atoms with van der Waals surface area (Å²) in [6.45, 7) is 3.11. The highest BCUT2D eigenvalue weighted by atomic mass is 35.5. The van der Waals surface area contributed by atoms with Crippen molar-refractivity contribution in [3.63, 3.8) is 0 Å². The highest BCUT2D eigenvalue weighted by molar-refractivity contribution is 7.99. The average molecular weight is 250 g/mol. The van der Waals surface area contributed by atoms with Gasteiger partial charge >= 0.3 is 0 Å². The zero-order valence-electron chi connectivity index (χ0n) is 8.02. The van der Waals surface area contributed by atoms with Crippen LogP contribution in [0.3, 0.4) is 0 Å². The van der Waals surface area contributed by atoms with Crippen molar-refractivity contribution >= 4 is 40.7 Å². The van der Waals surface area contributed by atoms with Crippen LogP contribution in [0.1, 0.15) is 6.92 Å². The topological polar surface area (TPSA) is 12.0 Å². The Morgan fingerprint density at radius 1 is 1.29 bits per heavy atom. The first kappa shape index (κ1) is 12.0. The quantitative estimate of drug-likeness (QED) is 0.787. The minimum atomic E-state index is 0.597. The second kappa shape index (κ2) is 6.44. The largest absolute Gasteiger partial charge is 0.384 e. The Balaban J connectivity index is 2.39. The lowest BCUT2D eigenvalue weighted by molar-refractivity contribution is 1.23. The summed E-state index contributed by atoms with van der Waals surface area (Å²) in [5.41, 5.74) is 1.02. The van der Waals surface area contributed by atoms with Gasteiger partial charge in [0.25, 0.3) is 0 Å². The molecule has 0 radical (unpaired) electrons. The van der Waals surface area contributed by atoms with Gasteiger partial charge in [-0.3, -0.25) is 0 Å². The van der Waals surface area contributed by atoms with Gasteiger partial charge in [-0.15, -0.1) is 0 Å². The summed E-state index contributed by atoms with van der Waals surface area (Å²) >= 11 is 13.6. The lowest BCUT2D eigenvalue weighted by atomic mass is 10.3. The molecule has 1 N–H and O–H groups in total. The van der Waals surface area contributed by atoms with Gasteiger partial charge in [-0.2, -0.15) is 11.8 Å². The molecule has 0 saturated heterocycles. The lowest BCUT2D eigenvalue weighted by Crippen LogP contribution is -2.03. The highest BCUT2D eigenvalue weighted by Crippen LogP contribution is 2.24. The summed E-state index contributed by atoms with van der Waals surface area (Å²) in [5, 5.41) is 4.48. The maximum atomic E-state index is 5.88. The first-order valence-corrected chi connectivity index (χ1v) is 6.41. The molecule has 0 aliphatic rings. The van der Waals surface area contributed by atoms with Gasteiger partial charge in [-0.1, -0.05) is 30.1 Å². The number of halogens is 2. The number of nitrogens with one attached hydrogen (secondary N) is 1. The Hall–Kier alpha value is -0.0500. The maximum absolute atomic E-state index is 5.88. The summed E-state index contributed by atoms with van der Waals surface area (Å²) < 4.78 is 0. The first-order chi connectivity index (χ1) is 6.74. The zero-order chi connectivity index (χ0) is 10.4. The molecule has 0 bridgehead atoms. The maximum Gasteiger partial charge on any atom is 0.0612 e. The van der Waals surface area contributed by atoms with Gasteiger partial charge in [0.05, 0.1) is 10.0 Å². The van der Waals surface area contributed by atoms with Crippen molar-refractivity contribution < 1.29 is 0 Å². The van der Waals surface area contributed by atoms with Crippen LogP contribution >= 0.6 is 35.0 Å². The summed E-state index contributed by atoms with van der Waals surface area (Å²) in [6.07, 6.45) is 0. The number of rotatable bonds is 5. The average Bonchev–Trinajstić information content (AvgIpc) is 2.18. The molecule has 1 rings (SSSR count). The first-order valence-electron chi connectivity index (χ1n) is 4.50. The normalized spacial score (nSPS) is 10.2. The van der Waals surface area contributed by atoms with Crippen LogP contribution < -0.4 is 5.32 Å². The van der Waals surface area contributed by atoms with E-state index < -0.39 is 0 Å². The molecular formula is C10H13Cl2NS. The Morgan fingerprint density at radius 2 is 2.07 bits per heavy atom. The van der Waals surface area contributed by atoms with Crippen LogP contribution in [0.5, 0.6) is 0 Å². The zero-order valence-corrected chi connectivity index (χ0v) is 10.3. The van der Waals surface area contributed by atoms with Gasteiger partial charge in [0.15, 0.2) is 0 Å². The standard InChI is InChI=1S/C10H13Cl2NS/c1-2-14-6-5-13-8-3-4-9(11)10(12)7-8/h3-4,7,13H,2,5-6H2,1H3. The Labute approximate surface area is 99.2 Å². The van der Waals surface area contributed by atoms with Crippen LogP contribution in [0.4, 0.5) is 5.69 Å². The lowest BCUT2D eigenvalue weighted by Gasteiger charge is -2.06. The third-order valence-corrected chi connectivity index (χ3v) is 3.34. The number of benzene rings is 1. The van der Waals surface area contributed by atoms with E-state index in [1.165, 1.54) is 0 Å². The van der Waals surface area contributed by atoms with E-state index in [2.05, 4.69) is 12.2 Å². The molecule has 0 unspecified atom stereocenters. The molecule has 0 atom stereocenters. The molecule has 0 aliphatic carbocycles. The van der Waals surface area contributed by atoms with Crippen molar-refractivity contribution in [3.05, 3.63) is 28.2 Å². The summed E-state index contributed by atoms with van der Waals surface area (Å²) in [5.74, 6) is 2.26. The van der Waals surface area contributed by atoms with Crippen LogP contribution in [0.25, 0.3) is 0 Å². The molecule has 0 spiro atoms. The number of thioether (sulfide) groups is 1. The molecule has 0 aliphatic heterocycles. The minimum absolute atomic E-state index is 0.597. The van der Waals surface area contributed by atoms with E-state index in [9.17, 15) is 0 Å². The van der Waals surface area contributed by atoms with Crippen LogP contribution in [0.15, 0.2) is 18.2 Å². The van der Waals surface area contributed by atoms with E-state index in [1.807, 2.05) is 23.9 Å². The number of anilines is 1. The van der Waals surface area contributed by atoms with E-state index in [0.717, 1.165) is 23.7 Å². The van der Waals surface area contributed by atoms with Crippen LogP contribution in [0.2, 0.25) is 10.0 Å². The fourth-order valence-corrected chi connectivity index (χ4v) is 1.85. The fourth-order valence-electron chi connectivity index (χ4n) is 1.02. The van der Waals surface area contributed by atoms with Crippen molar-refractivity contribution in [2.45, 2.75) is 6.92 Å². The van der Waals surface area contributed by atoms with E-state index in [4.69, 9.17) is 23.2 Å². The van der Waals surface area contributed by atoms with Crippen LogP contribution in [-0.4, -0.2) is 18.1 Å². The van der Waals surface area contributed by atoms with Gasteiger partial charge in [0.1, 0.15) is 0 Å². The fraction of sp³-hybridized carbons (Fsp3) is 0.400. The molecule has 0 aromatic heterocycles. The number of hydrogen-bond acceptors (Lipinski definition) is 2. The van der Waals surface area contributed by atoms with E-state index in [0.29, 0.717) is 10.0 Å². The third kappa shape index (κ3) is 3.99. The van der Waals surface area contributed by atoms with Gasteiger partial charge in [-0.25, -0.2) is 0 Å². The molecule has 0 heterocycles. The van der Waals surface area contributed by atoms with Gasteiger partial charge in [0, 0.05) is 18.0 Å². The minimum Gasteiger partial charge on any atom is -0.384 e. The van der Waals surface area contributed by atoms with Gasteiger partial charge in [-0.05, 0) is 24.0 Å². The van der Waals surface area contributed by atoms with Crippen LogP contribution in [0, 0.1) is 0 Å². The molecule has 0 fully saturated rings. The predicted octanol–water partition coefficient (Wildman–Crippen LogP) is 4.16. The molecule has 0 amide bonds. The summed E-state index contributed by atoms with van der Waals surface area (Å²) in [6, 6.07) is 5.59. The Kier molecular flexibility index (Phi) is 5.53. The van der Waals surface area contributed by atoms with Crippen LogP contribution in [-0.2, 0) is 0 Å². The predicted molar refractivity (Wildman–Crippen MR) is 68.0 cm³/mol. The molecule has 1 nitrogen and oxygen atoms in total. The van der Waals surface area contributed by atoms with E-state index in [-0.39, 0.29) is 0 Å². The van der Waals surface area contributed by atoms with E-state index in [1.54, 1.807) is 6.07 Å². The number of hydrogen-bond donors (Lipinski definition) is 1. The highest BCUT2D eigenvalue weighted by Gasteiger charge is 1.98. The Morgan fingerprint density at radius 3 is 2.71 bits per heavy atom. The molecule has 0 saturated carbocycles. The smallest absolute Gasteiger partial charge is 0.0612 e. The molecule has 1 aromatic rings. The summed E-state index contributed by atoms with van der Waals surface area (Å²) in [7, 11) is 0. The van der Waals surface area contributed by atoms with Crippen molar-refractivity contribution in [1.29, 1.82) is 0 Å². The van der Waals surface area contributed by atoms with Crippen molar-refractivity contribution in [2.24, 2.45) is 0 Å². The molecular weight excluding hydrogens is 237 g/mol. The van der Waals surface area contributed by atoms with Gasteiger partial charge in [0.2, 0.25) is 0 Å². The molecule has 1 aromatic carbocycles. The second-order valence-electron chi connectivity index (χ2n) is 2.75. The monoisotopic (exact) mass is 249 g/mol. The van der Waals surface area contributed by atoms with Crippen molar-refractivity contribution in [2.75, 3.05) is 23.4 Å². The molecule has 78 valence electrons. The van der Waals surface area contributed by atoms with Crippen molar-refractivity contribution in [3.8, 4) is 0 Å². The van der Waals surface area contributed by atoms with Gasteiger partial charge < -0.3 is 5.32 Å². The Bertz CT molecular complexity index is 291. The molecule has 14 heavy (non-hydrogen) atoms. The molecule has 4 heteroatoms. The summed E-state index contributed by atoms with van der Waals surface area (Å²) in [4.78, 5) is 0. The van der Waals surface area contributed by atoms with E-state index >= 15 is 0 Å². The second-order valence-corrected chi connectivity index (χ2v) is 4.96. The third-order valence-electron chi connectivity index (χ3n) is 1.70. The SMILES string of the molecule is CCSCCNc1ccc(Cl)c(Cl)c1. The van der Waals surface area contributed by atoms with Crippen molar-refractivity contribution in [1.82, 2.24) is 0 Å².